The van der Waals surface area contributed by atoms with Gasteiger partial charge in [-0.05, 0) is 31.6 Å². The van der Waals surface area contributed by atoms with E-state index in [1.165, 1.54) is 4.90 Å². The summed E-state index contributed by atoms with van der Waals surface area (Å²) in [6, 6.07) is -4.48. The summed E-state index contributed by atoms with van der Waals surface area (Å²) in [4.78, 5) is 73.2. The van der Waals surface area contributed by atoms with Gasteiger partial charge in [-0.25, -0.2) is 4.79 Å². The van der Waals surface area contributed by atoms with Crippen LogP contribution in [0.2, 0.25) is 0 Å². The van der Waals surface area contributed by atoms with Crippen LogP contribution >= 0.6 is 0 Å². The summed E-state index contributed by atoms with van der Waals surface area (Å²) >= 11 is 0. The van der Waals surface area contributed by atoms with Crippen molar-refractivity contribution >= 4 is 35.6 Å². The lowest BCUT2D eigenvalue weighted by Gasteiger charge is -2.30. The lowest BCUT2D eigenvalue weighted by atomic mass is 9.98. The van der Waals surface area contributed by atoms with Gasteiger partial charge in [-0.15, -0.1) is 0 Å². The predicted octanol–water partition coefficient (Wildman–Crippen LogP) is -1.46. The molecular formula is C21H35N5O8. The van der Waals surface area contributed by atoms with E-state index >= 15 is 0 Å². The van der Waals surface area contributed by atoms with Crippen molar-refractivity contribution < 1.29 is 39.0 Å². The van der Waals surface area contributed by atoms with Crippen molar-refractivity contribution in [2.45, 2.75) is 83.0 Å². The summed E-state index contributed by atoms with van der Waals surface area (Å²) in [6.45, 7) is 3.80. The highest BCUT2D eigenvalue weighted by Gasteiger charge is 2.39. The second-order valence-electron chi connectivity index (χ2n) is 8.50. The van der Waals surface area contributed by atoms with Crippen molar-refractivity contribution in [1.29, 1.82) is 0 Å². The lowest BCUT2D eigenvalue weighted by Crippen LogP contribution is -2.57. The Labute approximate surface area is 197 Å². The Morgan fingerprint density at radius 2 is 1.65 bits per heavy atom. The number of hydrogen-bond acceptors (Lipinski definition) is 7. The Kier molecular flexibility index (Phi) is 11.4. The molecule has 0 aliphatic carbocycles. The van der Waals surface area contributed by atoms with Gasteiger partial charge in [0.25, 0.3) is 0 Å². The van der Waals surface area contributed by atoms with Gasteiger partial charge in [0.1, 0.15) is 18.1 Å². The van der Waals surface area contributed by atoms with Crippen molar-refractivity contribution in [3.05, 3.63) is 0 Å². The van der Waals surface area contributed by atoms with Crippen LogP contribution in [0, 0.1) is 5.92 Å². The fourth-order valence-corrected chi connectivity index (χ4v) is 3.62. The van der Waals surface area contributed by atoms with Gasteiger partial charge in [0, 0.05) is 19.4 Å². The number of primary amides is 1. The van der Waals surface area contributed by atoms with Crippen LogP contribution in [0.4, 0.5) is 0 Å². The van der Waals surface area contributed by atoms with Crippen LogP contribution < -0.4 is 22.1 Å². The van der Waals surface area contributed by atoms with Gasteiger partial charge in [0.15, 0.2) is 0 Å². The maximum absolute atomic E-state index is 13.2. The first kappa shape index (κ1) is 28.8. The molecule has 1 aliphatic rings. The van der Waals surface area contributed by atoms with Gasteiger partial charge in [0.2, 0.25) is 23.6 Å². The molecule has 5 unspecified atom stereocenters. The highest BCUT2D eigenvalue weighted by Crippen LogP contribution is 2.20. The predicted molar refractivity (Wildman–Crippen MR) is 119 cm³/mol. The maximum Gasteiger partial charge on any atom is 0.326 e. The number of nitrogens with zero attached hydrogens (tertiary/aromatic N) is 1. The zero-order chi connectivity index (χ0) is 26.0. The summed E-state index contributed by atoms with van der Waals surface area (Å²) in [5, 5.41) is 23.2. The van der Waals surface area contributed by atoms with Crippen LogP contribution in [-0.4, -0.2) is 81.4 Å². The van der Waals surface area contributed by atoms with E-state index in [0.717, 1.165) is 0 Å². The molecule has 1 heterocycles. The minimum Gasteiger partial charge on any atom is -0.481 e. The first-order chi connectivity index (χ1) is 15.9. The van der Waals surface area contributed by atoms with Crippen LogP contribution in [-0.2, 0) is 28.8 Å². The van der Waals surface area contributed by atoms with E-state index in [2.05, 4.69) is 10.6 Å². The van der Waals surface area contributed by atoms with E-state index in [4.69, 9.17) is 16.6 Å². The number of likely N-dealkylation sites (tertiary alicyclic amines) is 1. The van der Waals surface area contributed by atoms with Gasteiger partial charge in [-0.2, -0.15) is 0 Å². The highest BCUT2D eigenvalue weighted by atomic mass is 16.4. The summed E-state index contributed by atoms with van der Waals surface area (Å²) < 4.78 is 0. The summed E-state index contributed by atoms with van der Waals surface area (Å²) in [6.07, 6.45) is 0.284. The van der Waals surface area contributed by atoms with Crippen molar-refractivity contribution in [3.63, 3.8) is 0 Å². The molecule has 1 rings (SSSR count). The van der Waals surface area contributed by atoms with Crippen LogP contribution in [0.1, 0.15) is 58.8 Å². The summed E-state index contributed by atoms with van der Waals surface area (Å²) in [7, 11) is 0. The van der Waals surface area contributed by atoms with Gasteiger partial charge < -0.3 is 37.2 Å². The zero-order valence-corrected chi connectivity index (χ0v) is 19.5. The summed E-state index contributed by atoms with van der Waals surface area (Å²) in [5.41, 5.74) is 11.0. The smallest absolute Gasteiger partial charge is 0.326 e. The molecule has 0 spiro atoms. The van der Waals surface area contributed by atoms with E-state index in [-0.39, 0.29) is 38.1 Å². The third kappa shape index (κ3) is 8.61. The van der Waals surface area contributed by atoms with Crippen LogP contribution in [0.3, 0.4) is 0 Å². The van der Waals surface area contributed by atoms with E-state index < -0.39 is 66.2 Å². The fraction of sp³-hybridized carbons (Fsp3) is 0.714. The molecule has 192 valence electrons. The molecule has 1 saturated heterocycles. The highest BCUT2D eigenvalue weighted by molar-refractivity contribution is 5.94. The third-order valence-corrected chi connectivity index (χ3v) is 5.95. The molecular weight excluding hydrogens is 450 g/mol. The number of rotatable bonds is 14. The number of nitrogens with one attached hydrogen (secondary N) is 2. The molecule has 0 aromatic rings. The number of aliphatic carboxylic acids is 2. The molecule has 5 atom stereocenters. The number of carbonyl (C=O) groups excluding carboxylic acids is 4. The third-order valence-electron chi connectivity index (χ3n) is 5.95. The number of hydrogen-bond donors (Lipinski definition) is 6. The normalized spacial score (nSPS) is 18.9. The maximum atomic E-state index is 13.2. The van der Waals surface area contributed by atoms with Crippen molar-refractivity contribution in [2.24, 2.45) is 17.4 Å². The van der Waals surface area contributed by atoms with E-state index in [9.17, 15) is 33.9 Å². The number of carboxylic acid groups (broad SMARTS) is 2. The fourth-order valence-electron chi connectivity index (χ4n) is 3.62. The molecule has 1 aliphatic heterocycles. The first-order valence-electron chi connectivity index (χ1n) is 11.3. The largest absolute Gasteiger partial charge is 0.481 e. The van der Waals surface area contributed by atoms with E-state index in [0.29, 0.717) is 12.8 Å². The molecule has 4 amide bonds. The SMILES string of the molecule is CCC(C)C(N)C(=O)NC(CCC(=O)O)C(=O)N1CCCC1C(=O)NC(CCC(N)=O)C(=O)O. The molecule has 0 saturated carbocycles. The molecule has 0 bridgehead atoms. The minimum absolute atomic E-state index is 0.172. The van der Waals surface area contributed by atoms with Crippen molar-refractivity contribution in [2.75, 3.05) is 6.54 Å². The number of amides is 4. The minimum atomic E-state index is -1.37. The van der Waals surface area contributed by atoms with Gasteiger partial charge in [0.05, 0.1) is 6.04 Å². The monoisotopic (exact) mass is 485 g/mol. The molecule has 13 nitrogen and oxygen atoms in total. The lowest BCUT2D eigenvalue weighted by molar-refractivity contribution is -0.145. The second-order valence-corrected chi connectivity index (χ2v) is 8.50. The Hall–Kier alpha value is -3.22. The quantitative estimate of drug-likeness (QED) is 0.169. The van der Waals surface area contributed by atoms with Crippen LogP contribution in [0.15, 0.2) is 0 Å². The Morgan fingerprint density at radius 3 is 2.18 bits per heavy atom. The number of carboxylic acids is 2. The molecule has 0 aromatic heterocycles. The molecule has 8 N–H and O–H groups in total. The van der Waals surface area contributed by atoms with Crippen molar-refractivity contribution in [3.8, 4) is 0 Å². The van der Waals surface area contributed by atoms with E-state index in [1.807, 2.05) is 6.92 Å². The molecule has 0 radical (unpaired) electrons. The van der Waals surface area contributed by atoms with Crippen LogP contribution in [0.25, 0.3) is 0 Å². The zero-order valence-electron chi connectivity index (χ0n) is 19.5. The molecule has 1 fully saturated rings. The summed E-state index contributed by atoms with van der Waals surface area (Å²) in [5.74, 6) is -5.37. The molecule has 13 heteroatoms. The van der Waals surface area contributed by atoms with Crippen LogP contribution in [0.5, 0.6) is 0 Å². The standard InChI is InChI=1S/C21H35N5O8/c1-3-11(2)17(23)19(31)24-12(7-9-16(28)29)20(32)26-10-4-5-14(26)18(30)25-13(21(33)34)6-8-15(22)27/h11-14,17H,3-10,23H2,1-2H3,(H2,22,27)(H,24,31)(H,25,30)(H,28,29)(H,33,34). The Morgan fingerprint density at radius 1 is 1.03 bits per heavy atom. The Balaban J connectivity index is 2.98. The topological polar surface area (TPSA) is 222 Å². The van der Waals surface area contributed by atoms with Gasteiger partial charge >= 0.3 is 11.9 Å². The molecule has 0 aromatic carbocycles. The number of carbonyl (C=O) groups is 6. The average Bonchev–Trinajstić information content (AvgIpc) is 3.27. The first-order valence-corrected chi connectivity index (χ1v) is 11.3. The second kappa shape index (κ2) is 13.5. The average molecular weight is 486 g/mol. The van der Waals surface area contributed by atoms with Gasteiger partial charge in [-0.1, -0.05) is 20.3 Å². The molecule has 34 heavy (non-hydrogen) atoms. The van der Waals surface area contributed by atoms with Gasteiger partial charge in [-0.3, -0.25) is 24.0 Å². The Bertz CT molecular complexity index is 789. The van der Waals surface area contributed by atoms with Crippen molar-refractivity contribution in [1.82, 2.24) is 15.5 Å². The number of nitrogens with two attached hydrogens (primary N) is 2. The van der Waals surface area contributed by atoms with E-state index in [1.54, 1.807) is 6.92 Å².